The maximum Gasteiger partial charge on any atom is 0.270 e. The SMILES string of the molecule is C[C@@H]1CC(C)(C)N(C)c2cc(Cl)c(/C=C3\C(=O)NC(=S)N(c4cccc(Br)c4)C3=O)cc21. The molecule has 0 aliphatic carbocycles. The zero-order valence-corrected chi connectivity index (χ0v) is 21.4. The number of halogens is 2. The van der Waals surface area contributed by atoms with Gasteiger partial charge in [-0.2, -0.15) is 0 Å². The van der Waals surface area contributed by atoms with Gasteiger partial charge >= 0.3 is 0 Å². The van der Waals surface area contributed by atoms with Crippen molar-refractivity contribution in [3.63, 3.8) is 0 Å². The molecule has 2 heterocycles. The maximum absolute atomic E-state index is 13.3. The lowest BCUT2D eigenvalue weighted by atomic mass is 9.80. The Morgan fingerprint density at radius 2 is 1.97 bits per heavy atom. The zero-order chi connectivity index (χ0) is 23.4. The van der Waals surface area contributed by atoms with Crippen molar-refractivity contribution in [2.75, 3.05) is 16.8 Å². The Labute approximate surface area is 206 Å². The first kappa shape index (κ1) is 23.0. The first-order valence-corrected chi connectivity index (χ1v) is 11.8. The standard InChI is InChI=1S/C24H23BrClN3O2S/c1-13-12-24(2,3)28(4)20-11-19(26)14(8-17(13)20)9-18-21(30)27-23(32)29(22(18)31)16-7-5-6-15(25)10-16/h5-11,13H,12H2,1-4H3,(H,27,30,32)/b18-9+/t13-/m1/s1. The molecule has 32 heavy (non-hydrogen) atoms. The summed E-state index contributed by atoms with van der Waals surface area (Å²) in [4.78, 5) is 29.5. The van der Waals surface area contributed by atoms with E-state index in [-0.39, 0.29) is 16.2 Å². The third kappa shape index (κ3) is 3.98. The number of hydrogen-bond donors (Lipinski definition) is 1. The van der Waals surface area contributed by atoms with Gasteiger partial charge in [-0.25, -0.2) is 0 Å². The highest BCUT2D eigenvalue weighted by atomic mass is 79.9. The van der Waals surface area contributed by atoms with E-state index < -0.39 is 11.8 Å². The lowest BCUT2D eigenvalue weighted by Gasteiger charge is -2.45. The monoisotopic (exact) mass is 531 g/mol. The molecule has 1 N–H and O–H groups in total. The minimum absolute atomic E-state index is 0.00903. The van der Waals surface area contributed by atoms with Gasteiger partial charge in [0, 0.05) is 27.8 Å². The summed E-state index contributed by atoms with van der Waals surface area (Å²) in [7, 11) is 2.06. The second-order valence-electron chi connectivity index (χ2n) is 8.85. The molecule has 8 heteroatoms. The molecule has 2 amide bonds. The van der Waals surface area contributed by atoms with Crippen molar-refractivity contribution in [1.82, 2.24) is 5.32 Å². The molecule has 1 saturated heterocycles. The number of anilines is 2. The number of fused-ring (bicyclic) bond motifs is 1. The van der Waals surface area contributed by atoms with Crippen molar-refractivity contribution >= 4 is 74.1 Å². The molecule has 2 aliphatic rings. The average Bonchev–Trinajstić information content (AvgIpc) is 2.69. The number of carbonyl (C=O) groups excluding carboxylic acids is 2. The van der Waals surface area contributed by atoms with Crippen LogP contribution >= 0.6 is 39.7 Å². The van der Waals surface area contributed by atoms with E-state index in [2.05, 4.69) is 54.0 Å². The van der Waals surface area contributed by atoms with Crippen molar-refractivity contribution in [2.24, 2.45) is 0 Å². The van der Waals surface area contributed by atoms with E-state index in [0.29, 0.717) is 22.2 Å². The second kappa shape index (κ2) is 8.28. The summed E-state index contributed by atoms with van der Waals surface area (Å²) in [6, 6.07) is 11.1. The minimum Gasteiger partial charge on any atom is -0.369 e. The summed E-state index contributed by atoms with van der Waals surface area (Å²) in [5.74, 6) is -0.712. The first-order valence-electron chi connectivity index (χ1n) is 10.2. The van der Waals surface area contributed by atoms with E-state index >= 15 is 0 Å². The molecule has 0 saturated carbocycles. The van der Waals surface area contributed by atoms with Gasteiger partial charge in [0.25, 0.3) is 11.8 Å². The molecule has 0 aromatic heterocycles. The van der Waals surface area contributed by atoms with Crippen LogP contribution in [0, 0.1) is 0 Å². The van der Waals surface area contributed by atoms with Crippen LogP contribution in [0.1, 0.15) is 44.2 Å². The molecule has 1 fully saturated rings. The lowest BCUT2D eigenvalue weighted by Crippen LogP contribution is -2.54. The predicted octanol–water partition coefficient (Wildman–Crippen LogP) is 5.66. The molecule has 2 aromatic carbocycles. The van der Waals surface area contributed by atoms with Crippen molar-refractivity contribution in [3.05, 3.63) is 62.6 Å². The molecule has 0 unspecified atom stereocenters. The number of thiocarbonyl (C=S) groups is 1. The fourth-order valence-corrected chi connectivity index (χ4v) is 5.26. The number of benzene rings is 2. The summed E-state index contributed by atoms with van der Waals surface area (Å²) >= 11 is 15.3. The van der Waals surface area contributed by atoms with E-state index in [4.69, 9.17) is 23.8 Å². The van der Waals surface area contributed by atoms with Crippen LogP contribution in [0.15, 0.2) is 46.4 Å². The van der Waals surface area contributed by atoms with Crippen LogP contribution in [0.4, 0.5) is 11.4 Å². The summed E-state index contributed by atoms with van der Waals surface area (Å²) in [5.41, 5.74) is 3.40. The molecule has 4 rings (SSSR count). The summed E-state index contributed by atoms with van der Waals surface area (Å²) < 4.78 is 0.798. The van der Waals surface area contributed by atoms with E-state index in [9.17, 15) is 9.59 Å². The fourth-order valence-electron chi connectivity index (χ4n) is 4.38. The van der Waals surface area contributed by atoms with Gasteiger partial charge < -0.3 is 4.90 Å². The molecule has 1 atom stereocenters. The fraction of sp³-hybridized carbons (Fsp3) is 0.292. The van der Waals surface area contributed by atoms with Gasteiger partial charge in [-0.3, -0.25) is 19.8 Å². The van der Waals surface area contributed by atoms with Crippen LogP contribution in [0.5, 0.6) is 0 Å². The van der Waals surface area contributed by atoms with Gasteiger partial charge in [0.15, 0.2) is 5.11 Å². The number of rotatable bonds is 2. The Kier molecular flexibility index (Phi) is 5.94. The largest absolute Gasteiger partial charge is 0.369 e. The van der Waals surface area contributed by atoms with Crippen molar-refractivity contribution in [3.8, 4) is 0 Å². The molecule has 166 valence electrons. The van der Waals surface area contributed by atoms with Crippen LogP contribution in [-0.2, 0) is 9.59 Å². The van der Waals surface area contributed by atoms with Crippen molar-refractivity contribution < 1.29 is 9.59 Å². The van der Waals surface area contributed by atoms with E-state index in [0.717, 1.165) is 22.1 Å². The highest BCUT2D eigenvalue weighted by molar-refractivity contribution is 9.10. The molecule has 0 spiro atoms. The predicted molar refractivity (Wildman–Crippen MR) is 137 cm³/mol. The van der Waals surface area contributed by atoms with Gasteiger partial charge in [-0.1, -0.05) is 40.5 Å². The molecule has 0 bridgehead atoms. The first-order chi connectivity index (χ1) is 15.0. The van der Waals surface area contributed by atoms with Crippen LogP contribution in [-0.4, -0.2) is 29.5 Å². The highest BCUT2D eigenvalue weighted by Crippen LogP contribution is 2.44. The quantitative estimate of drug-likeness (QED) is 0.308. The molecule has 5 nitrogen and oxygen atoms in total. The number of amides is 2. The Morgan fingerprint density at radius 1 is 1.25 bits per heavy atom. The summed E-state index contributed by atoms with van der Waals surface area (Å²) in [5, 5.41) is 3.15. The van der Waals surface area contributed by atoms with Crippen molar-refractivity contribution in [1.29, 1.82) is 0 Å². The average molecular weight is 533 g/mol. The van der Waals surface area contributed by atoms with Crippen LogP contribution < -0.4 is 15.1 Å². The molecule has 2 aliphatic heterocycles. The molecule has 0 radical (unpaired) electrons. The maximum atomic E-state index is 13.3. The van der Waals surface area contributed by atoms with Crippen LogP contribution in [0.2, 0.25) is 5.02 Å². The second-order valence-corrected chi connectivity index (χ2v) is 10.6. The van der Waals surface area contributed by atoms with Crippen molar-refractivity contribution in [2.45, 2.75) is 38.6 Å². The number of hydrogen-bond acceptors (Lipinski definition) is 4. The van der Waals surface area contributed by atoms with Gasteiger partial charge in [-0.05, 0) is 85.9 Å². The van der Waals surface area contributed by atoms with Gasteiger partial charge in [0.2, 0.25) is 0 Å². The smallest absolute Gasteiger partial charge is 0.270 e. The zero-order valence-electron chi connectivity index (χ0n) is 18.2. The Bertz CT molecular complexity index is 1190. The summed E-state index contributed by atoms with van der Waals surface area (Å²) in [6.07, 6.45) is 2.54. The van der Waals surface area contributed by atoms with Gasteiger partial charge in [0.1, 0.15) is 5.57 Å². The molecular formula is C24H23BrClN3O2S. The molecular weight excluding hydrogens is 510 g/mol. The third-order valence-corrected chi connectivity index (χ3v) is 7.33. The number of nitrogens with zero attached hydrogens (tertiary/aromatic N) is 2. The van der Waals surface area contributed by atoms with E-state index in [1.165, 1.54) is 4.90 Å². The van der Waals surface area contributed by atoms with Gasteiger partial charge in [-0.15, -0.1) is 0 Å². The molecule has 2 aromatic rings. The van der Waals surface area contributed by atoms with E-state index in [1.807, 2.05) is 18.2 Å². The highest BCUT2D eigenvalue weighted by Gasteiger charge is 2.36. The number of carbonyl (C=O) groups is 2. The Morgan fingerprint density at radius 3 is 2.66 bits per heavy atom. The third-order valence-electron chi connectivity index (χ3n) is 6.22. The number of nitrogens with one attached hydrogen (secondary N) is 1. The van der Waals surface area contributed by atoms with Gasteiger partial charge in [0.05, 0.1) is 5.69 Å². The van der Waals surface area contributed by atoms with Crippen LogP contribution in [0.3, 0.4) is 0 Å². The Hall–Kier alpha value is -2.22. The van der Waals surface area contributed by atoms with Crippen LogP contribution in [0.25, 0.3) is 6.08 Å². The minimum atomic E-state index is -0.536. The topological polar surface area (TPSA) is 52.7 Å². The Balaban J connectivity index is 1.78. The summed E-state index contributed by atoms with van der Waals surface area (Å²) in [6.45, 7) is 6.60. The van der Waals surface area contributed by atoms with E-state index in [1.54, 1.807) is 24.3 Å². The normalized spacial score (nSPS) is 21.6. The lowest BCUT2D eigenvalue weighted by molar-refractivity contribution is -0.122.